The Balaban J connectivity index is 1.54. The van der Waals surface area contributed by atoms with Crippen LogP contribution < -0.4 is 0 Å². The van der Waals surface area contributed by atoms with Gasteiger partial charge >= 0.3 is 5.97 Å². The first kappa shape index (κ1) is 18.6. The molecule has 29 heavy (non-hydrogen) atoms. The molecule has 2 aliphatic carbocycles. The number of ether oxygens (including phenoxy) is 1. The van der Waals surface area contributed by atoms with Gasteiger partial charge in [0.15, 0.2) is 5.78 Å². The second kappa shape index (κ2) is 5.79. The SMILES string of the molecule is Cc1cccc(C2=NOC3(C2)C(=O)OC2C3CC[C@H](C)[C@]3(O)C=CC(=O)[C@@]23C)c1. The van der Waals surface area contributed by atoms with Gasteiger partial charge in [0.1, 0.15) is 17.1 Å². The number of fused-ring (bicyclic) bond motifs is 4. The van der Waals surface area contributed by atoms with E-state index >= 15 is 0 Å². The normalized spacial score (nSPS) is 42.9. The maximum Gasteiger partial charge on any atom is 0.354 e. The van der Waals surface area contributed by atoms with Crippen molar-refractivity contribution in [2.45, 2.75) is 57.3 Å². The molecule has 1 aromatic carbocycles. The molecule has 1 saturated carbocycles. The summed E-state index contributed by atoms with van der Waals surface area (Å²) in [4.78, 5) is 31.9. The summed E-state index contributed by atoms with van der Waals surface area (Å²) >= 11 is 0. The molecule has 1 spiro atoms. The van der Waals surface area contributed by atoms with Crippen molar-refractivity contribution < 1.29 is 24.3 Å². The minimum atomic E-state index is -1.34. The van der Waals surface area contributed by atoms with Gasteiger partial charge in [0.25, 0.3) is 0 Å². The van der Waals surface area contributed by atoms with Crippen LogP contribution in [0.2, 0.25) is 0 Å². The largest absolute Gasteiger partial charge is 0.458 e. The number of oxime groups is 1. The molecular formula is C23H25NO5. The Morgan fingerprint density at radius 1 is 1.24 bits per heavy atom. The van der Waals surface area contributed by atoms with Crippen molar-refractivity contribution in [2.24, 2.45) is 22.4 Å². The Morgan fingerprint density at radius 3 is 2.79 bits per heavy atom. The van der Waals surface area contributed by atoms with Gasteiger partial charge in [-0.1, -0.05) is 41.9 Å². The number of aliphatic hydroxyl groups is 1. The number of aryl methyl sites for hydroxylation is 1. The molecule has 5 rings (SSSR count). The molecule has 2 heterocycles. The molecule has 6 nitrogen and oxygen atoms in total. The third-order valence-electron chi connectivity index (χ3n) is 7.71. The highest BCUT2D eigenvalue weighted by Crippen LogP contribution is 2.59. The first-order valence-corrected chi connectivity index (χ1v) is 10.2. The molecule has 6 heteroatoms. The van der Waals surface area contributed by atoms with Crippen molar-refractivity contribution in [3.05, 3.63) is 47.5 Å². The van der Waals surface area contributed by atoms with Crippen molar-refractivity contribution in [1.82, 2.24) is 0 Å². The van der Waals surface area contributed by atoms with Crippen LogP contribution in [0.15, 0.2) is 41.6 Å². The van der Waals surface area contributed by atoms with Gasteiger partial charge in [-0.3, -0.25) is 4.79 Å². The number of rotatable bonds is 1. The zero-order chi connectivity index (χ0) is 20.6. The number of nitrogens with zero attached hydrogens (tertiary/aromatic N) is 1. The van der Waals surface area contributed by atoms with Crippen LogP contribution in [0, 0.1) is 24.2 Å². The number of esters is 1. The topological polar surface area (TPSA) is 85.2 Å². The van der Waals surface area contributed by atoms with Gasteiger partial charge in [0.05, 0.1) is 11.6 Å². The summed E-state index contributed by atoms with van der Waals surface area (Å²) in [7, 11) is 0. The lowest BCUT2D eigenvalue weighted by molar-refractivity contribution is -0.169. The van der Waals surface area contributed by atoms with Crippen LogP contribution in [0.5, 0.6) is 0 Å². The summed E-state index contributed by atoms with van der Waals surface area (Å²) in [5.74, 6) is -1.19. The Bertz CT molecular complexity index is 983. The fourth-order valence-electron chi connectivity index (χ4n) is 5.78. The van der Waals surface area contributed by atoms with Crippen LogP contribution in [0.4, 0.5) is 0 Å². The number of hydrogen-bond acceptors (Lipinski definition) is 6. The Hall–Kier alpha value is -2.47. The fraction of sp³-hybridized carbons (Fsp3) is 0.522. The zero-order valence-corrected chi connectivity index (χ0v) is 16.8. The molecule has 1 saturated heterocycles. The number of carbonyl (C=O) groups is 2. The van der Waals surface area contributed by atoms with Crippen LogP contribution in [0.1, 0.15) is 44.2 Å². The monoisotopic (exact) mass is 395 g/mol. The predicted octanol–water partition coefficient (Wildman–Crippen LogP) is 2.71. The standard InChI is InChI=1S/C23H25NO5/c1-13-5-4-6-15(11-13)17-12-22(29-24-17)16-8-7-14(2)23(27)10-9-18(25)21(23,3)19(16)28-20(22)26/h4-6,9-11,14,16,19,27H,7-8,12H2,1-3H3/t14-,16?,19?,21-,22?,23+/m0/s1. The molecule has 0 aromatic heterocycles. The maximum atomic E-state index is 13.1. The highest BCUT2D eigenvalue weighted by atomic mass is 16.7. The second-order valence-corrected chi connectivity index (χ2v) is 9.20. The lowest BCUT2D eigenvalue weighted by Crippen LogP contribution is -2.57. The first-order valence-electron chi connectivity index (χ1n) is 10.2. The van der Waals surface area contributed by atoms with E-state index in [1.165, 1.54) is 6.08 Å². The van der Waals surface area contributed by atoms with E-state index in [1.54, 1.807) is 13.0 Å². The van der Waals surface area contributed by atoms with Gasteiger partial charge in [-0.05, 0) is 50.3 Å². The van der Waals surface area contributed by atoms with Gasteiger partial charge in [0.2, 0.25) is 5.60 Å². The van der Waals surface area contributed by atoms with E-state index < -0.39 is 28.7 Å². The molecule has 2 aliphatic heterocycles. The van der Waals surface area contributed by atoms with E-state index in [0.29, 0.717) is 25.0 Å². The maximum absolute atomic E-state index is 13.1. The van der Waals surface area contributed by atoms with E-state index in [-0.39, 0.29) is 17.6 Å². The summed E-state index contributed by atoms with van der Waals surface area (Å²) in [5, 5.41) is 15.7. The molecule has 1 aromatic rings. The van der Waals surface area contributed by atoms with E-state index in [0.717, 1.165) is 11.1 Å². The molecule has 0 amide bonds. The number of hydrogen-bond donors (Lipinski definition) is 1. The third kappa shape index (κ3) is 2.18. The Kier molecular flexibility index (Phi) is 3.70. The molecule has 0 bridgehead atoms. The average Bonchev–Trinajstić information content (AvgIpc) is 3.31. The summed E-state index contributed by atoms with van der Waals surface area (Å²) in [6.07, 6.45) is 3.85. The van der Waals surface area contributed by atoms with Crippen molar-refractivity contribution in [3.8, 4) is 0 Å². The molecule has 0 radical (unpaired) electrons. The van der Waals surface area contributed by atoms with Crippen LogP contribution in [-0.2, 0) is 19.2 Å². The Morgan fingerprint density at radius 2 is 2.03 bits per heavy atom. The van der Waals surface area contributed by atoms with Crippen LogP contribution >= 0.6 is 0 Å². The molecular weight excluding hydrogens is 370 g/mol. The first-order chi connectivity index (χ1) is 13.7. The van der Waals surface area contributed by atoms with Gasteiger partial charge in [-0.2, -0.15) is 0 Å². The highest BCUT2D eigenvalue weighted by Gasteiger charge is 2.73. The van der Waals surface area contributed by atoms with Crippen LogP contribution in [0.3, 0.4) is 0 Å². The van der Waals surface area contributed by atoms with E-state index in [9.17, 15) is 14.7 Å². The fourth-order valence-corrected chi connectivity index (χ4v) is 5.78. The molecule has 6 atom stereocenters. The molecule has 1 N–H and O–H groups in total. The van der Waals surface area contributed by atoms with Gasteiger partial charge in [-0.15, -0.1) is 0 Å². The smallest absolute Gasteiger partial charge is 0.354 e. The molecule has 4 aliphatic rings. The summed E-state index contributed by atoms with van der Waals surface area (Å²) < 4.78 is 5.83. The van der Waals surface area contributed by atoms with Crippen molar-refractivity contribution >= 4 is 17.5 Å². The van der Waals surface area contributed by atoms with E-state index in [2.05, 4.69) is 5.16 Å². The third-order valence-corrected chi connectivity index (χ3v) is 7.71. The van der Waals surface area contributed by atoms with Crippen LogP contribution in [0.25, 0.3) is 0 Å². The lowest BCUT2D eigenvalue weighted by atomic mass is 9.63. The summed E-state index contributed by atoms with van der Waals surface area (Å²) in [5.41, 5.74) is -1.07. The van der Waals surface area contributed by atoms with Gasteiger partial charge in [-0.25, -0.2) is 4.79 Å². The van der Waals surface area contributed by atoms with E-state index in [1.807, 2.05) is 38.1 Å². The van der Waals surface area contributed by atoms with Gasteiger partial charge in [0, 0.05) is 6.42 Å². The minimum absolute atomic E-state index is 0.143. The van der Waals surface area contributed by atoms with Crippen molar-refractivity contribution in [3.63, 3.8) is 0 Å². The lowest BCUT2D eigenvalue weighted by Gasteiger charge is -2.43. The number of ketones is 1. The minimum Gasteiger partial charge on any atom is -0.458 e. The van der Waals surface area contributed by atoms with Crippen molar-refractivity contribution in [1.29, 1.82) is 0 Å². The molecule has 3 unspecified atom stereocenters. The Labute approximate surface area is 169 Å². The second-order valence-electron chi connectivity index (χ2n) is 9.20. The van der Waals surface area contributed by atoms with Crippen LogP contribution in [-0.4, -0.2) is 39.9 Å². The quantitative estimate of drug-likeness (QED) is 0.739. The predicted molar refractivity (Wildman–Crippen MR) is 105 cm³/mol. The summed E-state index contributed by atoms with van der Waals surface area (Å²) in [6.45, 7) is 5.67. The number of allylic oxidation sites excluding steroid dienone is 1. The highest BCUT2D eigenvalue weighted by molar-refractivity contribution is 6.06. The van der Waals surface area contributed by atoms with E-state index in [4.69, 9.17) is 9.57 Å². The number of benzene rings is 1. The van der Waals surface area contributed by atoms with Crippen molar-refractivity contribution in [2.75, 3.05) is 0 Å². The summed E-state index contributed by atoms with van der Waals surface area (Å²) in [6, 6.07) is 7.91. The molecule has 152 valence electrons. The molecule has 2 fully saturated rings. The average molecular weight is 395 g/mol. The van der Waals surface area contributed by atoms with Gasteiger partial charge < -0.3 is 14.7 Å². The number of carbonyl (C=O) groups excluding carboxylic acids is 2. The zero-order valence-electron chi connectivity index (χ0n) is 16.8.